The largest absolute Gasteiger partial charge is 0.369 e. The van der Waals surface area contributed by atoms with Crippen LogP contribution in [0.15, 0.2) is 0 Å². The highest BCUT2D eigenvalue weighted by atomic mass is 79.9. The third kappa shape index (κ3) is 3.66. The highest BCUT2D eigenvalue weighted by Crippen LogP contribution is 2.32. The lowest BCUT2D eigenvalue weighted by Crippen LogP contribution is -2.55. The van der Waals surface area contributed by atoms with Crippen LogP contribution in [0.2, 0.25) is 0 Å². The molecule has 0 aromatic carbocycles. The van der Waals surface area contributed by atoms with Crippen LogP contribution in [0.1, 0.15) is 26.7 Å². The minimum absolute atomic E-state index is 0.0484. The van der Waals surface area contributed by atoms with Gasteiger partial charge < -0.3 is 4.74 Å². The van der Waals surface area contributed by atoms with Crippen molar-refractivity contribution in [2.75, 3.05) is 24.2 Å². The highest BCUT2D eigenvalue weighted by molar-refractivity contribution is 9.09. The Labute approximate surface area is 112 Å². The summed E-state index contributed by atoms with van der Waals surface area (Å²) in [4.78, 5) is 0. The molecule has 0 radical (unpaired) electrons. The van der Waals surface area contributed by atoms with Gasteiger partial charge in [-0.15, -0.1) is 0 Å². The van der Waals surface area contributed by atoms with Gasteiger partial charge in [0.15, 0.2) is 0 Å². The standard InChI is InChI=1S/C11H20BrNO3S/c1-11(2)8-13(6-10(5-12)16-11)17(14,15)7-9-3-4-9/h9-10H,3-8H2,1-2H3. The zero-order valence-corrected chi connectivity index (χ0v) is 12.8. The first-order valence-electron chi connectivity index (χ1n) is 6.04. The molecule has 1 heterocycles. The summed E-state index contributed by atoms with van der Waals surface area (Å²) in [5, 5.41) is 0.672. The number of sulfonamides is 1. The summed E-state index contributed by atoms with van der Waals surface area (Å²) in [5.41, 5.74) is -0.396. The molecule has 0 amide bonds. The average molecular weight is 326 g/mol. The molecule has 0 aromatic rings. The summed E-state index contributed by atoms with van der Waals surface area (Å²) in [6.45, 7) is 4.83. The molecule has 0 N–H and O–H groups in total. The van der Waals surface area contributed by atoms with Crippen LogP contribution >= 0.6 is 15.9 Å². The number of nitrogens with zero attached hydrogens (tertiary/aromatic N) is 1. The van der Waals surface area contributed by atoms with Crippen molar-refractivity contribution >= 4 is 26.0 Å². The SMILES string of the molecule is CC1(C)CN(S(=O)(=O)CC2CC2)CC(CBr)O1. The van der Waals surface area contributed by atoms with E-state index in [4.69, 9.17) is 4.74 Å². The van der Waals surface area contributed by atoms with Gasteiger partial charge in [0.2, 0.25) is 10.0 Å². The van der Waals surface area contributed by atoms with Gasteiger partial charge in [0.1, 0.15) is 0 Å². The van der Waals surface area contributed by atoms with Crippen molar-refractivity contribution in [2.45, 2.75) is 38.4 Å². The Morgan fingerprint density at radius 3 is 2.59 bits per heavy atom. The molecule has 0 bridgehead atoms. The molecule has 1 saturated heterocycles. The maximum atomic E-state index is 12.2. The van der Waals surface area contributed by atoms with Gasteiger partial charge in [-0.2, -0.15) is 4.31 Å². The van der Waals surface area contributed by atoms with E-state index < -0.39 is 15.6 Å². The van der Waals surface area contributed by atoms with Crippen LogP contribution in [0.4, 0.5) is 0 Å². The normalized spacial score (nSPS) is 30.4. The van der Waals surface area contributed by atoms with E-state index in [1.807, 2.05) is 13.8 Å². The molecule has 1 atom stereocenters. The predicted molar refractivity (Wildman–Crippen MR) is 70.8 cm³/mol. The first-order chi connectivity index (χ1) is 7.82. The molecule has 1 aliphatic carbocycles. The molecule has 0 spiro atoms. The van der Waals surface area contributed by atoms with Gasteiger partial charge in [-0.1, -0.05) is 15.9 Å². The van der Waals surface area contributed by atoms with Crippen LogP contribution in [0, 0.1) is 5.92 Å². The molecule has 2 aliphatic rings. The van der Waals surface area contributed by atoms with Gasteiger partial charge >= 0.3 is 0 Å². The lowest BCUT2D eigenvalue weighted by molar-refractivity contribution is -0.106. The van der Waals surface area contributed by atoms with Crippen molar-refractivity contribution in [3.05, 3.63) is 0 Å². The van der Waals surface area contributed by atoms with E-state index in [0.29, 0.717) is 30.1 Å². The van der Waals surface area contributed by atoms with Crippen molar-refractivity contribution < 1.29 is 13.2 Å². The maximum absolute atomic E-state index is 12.2. The fourth-order valence-corrected chi connectivity index (χ4v) is 4.60. The van der Waals surface area contributed by atoms with Crippen LogP contribution in [0.25, 0.3) is 0 Å². The van der Waals surface area contributed by atoms with Gasteiger partial charge in [-0.25, -0.2) is 8.42 Å². The molecule has 2 rings (SSSR count). The van der Waals surface area contributed by atoms with E-state index in [1.54, 1.807) is 4.31 Å². The quantitative estimate of drug-likeness (QED) is 0.737. The van der Waals surface area contributed by atoms with E-state index in [0.717, 1.165) is 12.8 Å². The summed E-state index contributed by atoms with van der Waals surface area (Å²) in [7, 11) is -3.10. The van der Waals surface area contributed by atoms with Crippen molar-refractivity contribution in [1.29, 1.82) is 0 Å². The fourth-order valence-electron chi connectivity index (χ4n) is 2.22. The monoisotopic (exact) mass is 325 g/mol. The van der Waals surface area contributed by atoms with E-state index in [9.17, 15) is 8.42 Å². The van der Waals surface area contributed by atoms with Crippen molar-refractivity contribution in [3.8, 4) is 0 Å². The van der Waals surface area contributed by atoms with Crippen molar-refractivity contribution in [1.82, 2.24) is 4.31 Å². The lowest BCUT2D eigenvalue weighted by atomic mass is 10.1. The second kappa shape index (κ2) is 4.79. The second-order valence-electron chi connectivity index (χ2n) is 5.67. The number of halogens is 1. The number of morpholine rings is 1. The summed E-state index contributed by atoms with van der Waals surface area (Å²) in [5.74, 6) is 0.714. The number of hydrogen-bond acceptors (Lipinski definition) is 3. The van der Waals surface area contributed by atoms with Gasteiger partial charge in [-0.3, -0.25) is 0 Å². The Morgan fingerprint density at radius 2 is 2.06 bits per heavy atom. The second-order valence-corrected chi connectivity index (χ2v) is 8.33. The predicted octanol–water partition coefficient (Wildman–Crippen LogP) is 1.60. The Balaban J connectivity index is 2.08. The van der Waals surface area contributed by atoms with Gasteiger partial charge in [0.05, 0.1) is 17.5 Å². The number of rotatable bonds is 4. The average Bonchev–Trinajstić information content (AvgIpc) is 2.98. The minimum atomic E-state index is -3.10. The van der Waals surface area contributed by atoms with Gasteiger partial charge in [0, 0.05) is 18.4 Å². The first-order valence-corrected chi connectivity index (χ1v) is 8.77. The van der Waals surface area contributed by atoms with Crippen LogP contribution in [0.5, 0.6) is 0 Å². The number of hydrogen-bond donors (Lipinski definition) is 0. The van der Waals surface area contributed by atoms with E-state index in [2.05, 4.69) is 15.9 Å². The Hall–Kier alpha value is 0.350. The van der Waals surface area contributed by atoms with E-state index >= 15 is 0 Å². The molecule has 17 heavy (non-hydrogen) atoms. The molecule has 0 aromatic heterocycles. The number of ether oxygens (including phenoxy) is 1. The zero-order chi connectivity index (χ0) is 12.7. The van der Waals surface area contributed by atoms with Crippen molar-refractivity contribution in [2.24, 2.45) is 5.92 Å². The lowest BCUT2D eigenvalue weighted by Gasteiger charge is -2.41. The van der Waals surface area contributed by atoms with Crippen LogP contribution in [-0.4, -0.2) is 48.6 Å². The first kappa shape index (κ1) is 13.8. The minimum Gasteiger partial charge on any atom is -0.369 e. The zero-order valence-electron chi connectivity index (χ0n) is 10.4. The third-order valence-corrected chi connectivity index (χ3v) is 5.84. The Bertz CT molecular complexity index is 378. The highest BCUT2D eigenvalue weighted by Gasteiger charge is 2.40. The number of alkyl halides is 1. The summed E-state index contributed by atoms with van der Waals surface area (Å²) >= 11 is 3.37. The van der Waals surface area contributed by atoms with Crippen LogP contribution in [-0.2, 0) is 14.8 Å². The summed E-state index contributed by atoms with van der Waals surface area (Å²) in [6, 6.07) is 0. The Kier molecular flexibility index (Phi) is 3.88. The molecule has 1 aliphatic heterocycles. The summed E-state index contributed by atoms with van der Waals surface area (Å²) in [6.07, 6.45) is 2.08. The topological polar surface area (TPSA) is 46.6 Å². The Morgan fingerprint density at radius 1 is 1.41 bits per heavy atom. The van der Waals surface area contributed by atoms with Gasteiger partial charge in [0.25, 0.3) is 0 Å². The van der Waals surface area contributed by atoms with E-state index in [1.165, 1.54) is 0 Å². The van der Waals surface area contributed by atoms with Crippen molar-refractivity contribution in [3.63, 3.8) is 0 Å². The fraction of sp³-hybridized carbons (Fsp3) is 1.00. The maximum Gasteiger partial charge on any atom is 0.214 e. The molecular weight excluding hydrogens is 306 g/mol. The molecule has 4 nitrogen and oxygen atoms in total. The third-order valence-electron chi connectivity index (χ3n) is 3.16. The molecule has 1 saturated carbocycles. The smallest absolute Gasteiger partial charge is 0.214 e. The molecule has 2 fully saturated rings. The molecule has 1 unspecified atom stereocenters. The molecule has 100 valence electrons. The summed E-state index contributed by atoms with van der Waals surface area (Å²) < 4.78 is 31.9. The molecular formula is C11H20BrNO3S. The van der Waals surface area contributed by atoms with Gasteiger partial charge in [-0.05, 0) is 32.6 Å². The van der Waals surface area contributed by atoms with Crippen LogP contribution in [0.3, 0.4) is 0 Å². The molecule has 6 heteroatoms. The van der Waals surface area contributed by atoms with Crippen LogP contribution < -0.4 is 0 Å². The van der Waals surface area contributed by atoms with E-state index in [-0.39, 0.29) is 6.10 Å².